The highest BCUT2D eigenvalue weighted by Crippen LogP contribution is 2.32. The van der Waals surface area contributed by atoms with Crippen LogP contribution in [0.5, 0.6) is 0 Å². The van der Waals surface area contributed by atoms with E-state index in [2.05, 4.69) is 23.9 Å². The van der Waals surface area contributed by atoms with Crippen molar-refractivity contribution in [2.45, 2.75) is 44.2 Å². The molecule has 1 saturated carbocycles. The smallest absolute Gasteiger partial charge is 0.242 e. The first-order valence-electron chi connectivity index (χ1n) is 7.17. The van der Waals surface area contributed by atoms with Gasteiger partial charge in [0, 0.05) is 31.5 Å². The van der Waals surface area contributed by atoms with Crippen LogP contribution in [-0.2, 0) is 23.6 Å². The molecule has 0 aliphatic heterocycles. The first-order valence-corrected chi connectivity index (χ1v) is 8.65. The van der Waals surface area contributed by atoms with Gasteiger partial charge in [-0.3, -0.25) is 0 Å². The van der Waals surface area contributed by atoms with Crippen LogP contribution in [-0.4, -0.2) is 26.1 Å². The summed E-state index contributed by atoms with van der Waals surface area (Å²) in [6.07, 6.45) is 3.70. The van der Waals surface area contributed by atoms with Crippen LogP contribution in [0, 0.1) is 11.8 Å². The fraction of sp³-hybridized carbons (Fsp3) is 0.714. The van der Waals surface area contributed by atoms with E-state index in [1.165, 1.54) is 0 Å². The molecule has 20 heavy (non-hydrogen) atoms. The van der Waals surface area contributed by atoms with E-state index in [1.54, 1.807) is 12.3 Å². The summed E-state index contributed by atoms with van der Waals surface area (Å²) in [6, 6.07) is 1.80. The first-order chi connectivity index (χ1) is 9.35. The zero-order chi connectivity index (χ0) is 14.9. The predicted octanol–water partition coefficient (Wildman–Crippen LogP) is 1.46. The van der Waals surface area contributed by atoms with Gasteiger partial charge in [-0.1, -0.05) is 13.8 Å². The molecule has 1 fully saturated rings. The topological polar surface area (TPSA) is 63.1 Å². The molecule has 0 saturated heterocycles. The quantitative estimate of drug-likeness (QED) is 0.865. The lowest BCUT2D eigenvalue weighted by molar-refractivity contribution is 0.402. The van der Waals surface area contributed by atoms with E-state index in [1.807, 2.05) is 18.7 Å². The van der Waals surface area contributed by atoms with Crippen molar-refractivity contribution in [1.82, 2.24) is 14.6 Å². The van der Waals surface area contributed by atoms with Gasteiger partial charge in [-0.25, -0.2) is 13.1 Å². The van der Waals surface area contributed by atoms with Crippen molar-refractivity contribution >= 4 is 10.0 Å². The van der Waals surface area contributed by atoms with Crippen molar-refractivity contribution in [1.29, 1.82) is 0 Å². The summed E-state index contributed by atoms with van der Waals surface area (Å²) in [4.78, 5) is 0.358. The number of nitrogens with one attached hydrogen (secondary N) is 2. The Morgan fingerprint density at radius 3 is 2.60 bits per heavy atom. The molecule has 0 amide bonds. The molecule has 1 aromatic rings. The van der Waals surface area contributed by atoms with E-state index in [0.717, 1.165) is 18.5 Å². The first kappa shape index (κ1) is 15.5. The SMILES string of the molecule is CNCc1cc(S(=O)(=O)NC2CCC(C)C2C)cn1C. The predicted molar refractivity (Wildman–Crippen MR) is 79.8 cm³/mol. The Kier molecular flexibility index (Phi) is 4.56. The maximum atomic E-state index is 12.5. The fourth-order valence-corrected chi connectivity index (χ4v) is 4.33. The fourth-order valence-electron chi connectivity index (χ4n) is 2.88. The normalized spacial score (nSPS) is 27.1. The van der Waals surface area contributed by atoms with Crippen LogP contribution in [0.3, 0.4) is 0 Å². The molecule has 3 atom stereocenters. The van der Waals surface area contributed by atoms with E-state index in [0.29, 0.717) is 23.3 Å². The summed E-state index contributed by atoms with van der Waals surface area (Å²) >= 11 is 0. The van der Waals surface area contributed by atoms with Gasteiger partial charge in [0.1, 0.15) is 0 Å². The minimum Gasteiger partial charge on any atom is -0.352 e. The van der Waals surface area contributed by atoms with Crippen molar-refractivity contribution in [2.24, 2.45) is 18.9 Å². The number of rotatable bonds is 5. The summed E-state index contributed by atoms with van der Waals surface area (Å²) in [7, 11) is 0.297. The number of nitrogens with zero attached hydrogens (tertiary/aromatic N) is 1. The van der Waals surface area contributed by atoms with Gasteiger partial charge >= 0.3 is 0 Å². The summed E-state index contributed by atoms with van der Waals surface area (Å²) in [6.45, 7) is 4.97. The van der Waals surface area contributed by atoms with Crippen molar-refractivity contribution in [2.75, 3.05) is 7.05 Å². The second kappa shape index (κ2) is 5.87. The zero-order valence-corrected chi connectivity index (χ0v) is 13.5. The van der Waals surface area contributed by atoms with Gasteiger partial charge in [0.25, 0.3) is 0 Å². The van der Waals surface area contributed by atoms with Crippen LogP contribution in [0.2, 0.25) is 0 Å². The number of hydrogen-bond donors (Lipinski definition) is 2. The number of aryl methyl sites for hydroxylation is 1. The molecule has 0 radical (unpaired) electrons. The molecule has 5 nitrogen and oxygen atoms in total. The highest BCUT2D eigenvalue weighted by Gasteiger charge is 2.33. The maximum absolute atomic E-state index is 12.5. The molecule has 0 spiro atoms. The number of hydrogen-bond acceptors (Lipinski definition) is 3. The van der Waals surface area contributed by atoms with Gasteiger partial charge in [0.15, 0.2) is 0 Å². The van der Waals surface area contributed by atoms with E-state index in [9.17, 15) is 8.42 Å². The maximum Gasteiger partial charge on any atom is 0.242 e. The third-order valence-electron chi connectivity index (χ3n) is 4.52. The average molecular weight is 299 g/mol. The molecule has 114 valence electrons. The second-order valence-electron chi connectivity index (χ2n) is 5.95. The Morgan fingerprint density at radius 2 is 2.05 bits per heavy atom. The number of sulfonamides is 1. The van der Waals surface area contributed by atoms with Crippen LogP contribution in [0.4, 0.5) is 0 Å². The largest absolute Gasteiger partial charge is 0.352 e. The summed E-state index contributed by atoms with van der Waals surface area (Å²) in [5, 5.41) is 3.04. The molecule has 1 aliphatic rings. The Hall–Kier alpha value is -0.850. The minimum atomic E-state index is -3.42. The lowest BCUT2D eigenvalue weighted by Gasteiger charge is -2.19. The van der Waals surface area contributed by atoms with Gasteiger partial charge in [0.2, 0.25) is 10.0 Å². The minimum absolute atomic E-state index is 0.0583. The number of aromatic nitrogens is 1. The molecule has 2 rings (SSSR count). The van der Waals surface area contributed by atoms with E-state index >= 15 is 0 Å². The van der Waals surface area contributed by atoms with Gasteiger partial charge in [-0.05, 0) is 37.8 Å². The molecular formula is C14H25N3O2S. The van der Waals surface area contributed by atoms with E-state index in [4.69, 9.17) is 0 Å². The van der Waals surface area contributed by atoms with Crippen LogP contribution in [0.1, 0.15) is 32.4 Å². The summed E-state index contributed by atoms with van der Waals surface area (Å²) < 4.78 is 29.7. The van der Waals surface area contributed by atoms with E-state index < -0.39 is 10.0 Å². The molecule has 0 aromatic carbocycles. The van der Waals surface area contributed by atoms with Crippen molar-refractivity contribution in [3.63, 3.8) is 0 Å². The van der Waals surface area contributed by atoms with Gasteiger partial charge in [-0.15, -0.1) is 0 Å². The highest BCUT2D eigenvalue weighted by atomic mass is 32.2. The Morgan fingerprint density at radius 1 is 1.35 bits per heavy atom. The third-order valence-corrected chi connectivity index (χ3v) is 5.98. The molecular weight excluding hydrogens is 274 g/mol. The molecule has 0 bridgehead atoms. The Bertz CT molecular complexity index is 565. The second-order valence-corrected chi connectivity index (χ2v) is 7.66. The Labute approximate surface area is 121 Å². The molecule has 1 aromatic heterocycles. The van der Waals surface area contributed by atoms with Gasteiger partial charge in [0.05, 0.1) is 4.90 Å². The zero-order valence-electron chi connectivity index (χ0n) is 12.7. The van der Waals surface area contributed by atoms with Gasteiger partial charge < -0.3 is 9.88 Å². The Balaban J connectivity index is 2.16. The third kappa shape index (κ3) is 3.07. The monoisotopic (exact) mass is 299 g/mol. The molecule has 6 heteroatoms. The van der Waals surface area contributed by atoms with Gasteiger partial charge in [-0.2, -0.15) is 0 Å². The van der Waals surface area contributed by atoms with Crippen molar-refractivity contribution in [3.8, 4) is 0 Å². The van der Waals surface area contributed by atoms with E-state index in [-0.39, 0.29) is 6.04 Å². The summed E-state index contributed by atoms with van der Waals surface area (Å²) in [5.41, 5.74) is 0.959. The lowest BCUT2D eigenvalue weighted by atomic mass is 9.98. The molecule has 3 unspecified atom stereocenters. The van der Waals surface area contributed by atoms with Crippen molar-refractivity contribution in [3.05, 3.63) is 18.0 Å². The molecule has 2 N–H and O–H groups in total. The van der Waals surface area contributed by atoms with Crippen LogP contribution < -0.4 is 10.0 Å². The van der Waals surface area contributed by atoms with Crippen LogP contribution >= 0.6 is 0 Å². The summed E-state index contributed by atoms with van der Waals surface area (Å²) in [5.74, 6) is 0.976. The van der Waals surface area contributed by atoms with Crippen LogP contribution in [0.25, 0.3) is 0 Å². The molecule has 1 heterocycles. The standard InChI is InChI=1S/C14H25N3O2S/c1-10-5-6-14(11(10)2)16-20(18,19)13-7-12(8-15-3)17(4)9-13/h7,9-11,14-16H,5-6,8H2,1-4H3. The molecule has 1 aliphatic carbocycles. The lowest BCUT2D eigenvalue weighted by Crippen LogP contribution is -2.37. The van der Waals surface area contributed by atoms with Crippen LogP contribution in [0.15, 0.2) is 17.2 Å². The van der Waals surface area contributed by atoms with Crippen molar-refractivity contribution < 1.29 is 8.42 Å². The average Bonchev–Trinajstić information content (AvgIpc) is 2.89. The highest BCUT2D eigenvalue weighted by molar-refractivity contribution is 7.89.